The highest BCUT2D eigenvalue weighted by Gasteiger charge is 2.28. The Labute approximate surface area is 141 Å². The van der Waals surface area contributed by atoms with E-state index < -0.39 is 0 Å². The molecule has 3 rings (SSSR count). The first-order valence-electron chi connectivity index (χ1n) is 8.36. The number of hydrogen-bond acceptors (Lipinski definition) is 3. The number of likely N-dealkylation sites (tertiary alicyclic amines) is 1. The molecule has 1 aromatic heterocycles. The number of aryl methyl sites for hydroxylation is 1. The fraction of sp³-hybridized carbons (Fsp3) is 0.444. The van der Waals surface area contributed by atoms with Crippen molar-refractivity contribution in [1.29, 1.82) is 0 Å². The summed E-state index contributed by atoms with van der Waals surface area (Å²) in [4.78, 5) is 19.0. The van der Waals surface area contributed by atoms with E-state index in [1.165, 1.54) is 12.1 Å². The molecule has 1 N–H and O–H groups in total. The molecule has 1 atom stereocenters. The summed E-state index contributed by atoms with van der Waals surface area (Å²) >= 11 is 0. The first-order chi connectivity index (χ1) is 11.6. The molecule has 0 bridgehead atoms. The molecule has 1 fully saturated rings. The minimum Gasteiger partial charge on any atom is -0.348 e. The number of imidazole rings is 1. The van der Waals surface area contributed by atoms with Crippen molar-refractivity contribution in [2.45, 2.75) is 38.4 Å². The van der Waals surface area contributed by atoms with Crippen LogP contribution in [0.15, 0.2) is 36.7 Å². The van der Waals surface area contributed by atoms with Crippen molar-refractivity contribution in [3.05, 3.63) is 53.9 Å². The summed E-state index contributed by atoms with van der Waals surface area (Å²) < 4.78 is 15.0. The van der Waals surface area contributed by atoms with E-state index in [1.54, 1.807) is 18.3 Å². The van der Waals surface area contributed by atoms with Crippen molar-refractivity contribution in [2.75, 3.05) is 6.54 Å². The van der Waals surface area contributed by atoms with Gasteiger partial charge in [0.15, 0.2) is 0 Å². The zero-order valence-corrected chi connectivity index (χ0v) is 13.9. The predicted octanol–water partition coefficient (Wildman–Crippen LogP) is 2.23. The zero-order chi connectivity index (χ0) is 16.9. The van der Waals surface area contributed by atoms with E-state index in [-0.39, 0.29) is 17.8 Å². The minimum atomic E-state index is -0.234. The lowest BCUT2D eigenvalue weighted by molar-refractivity contribution is -0.128. The maximum Gasteiger partial charge on any atom is 0.237 e. The van der Waals surface area contributed by atoms with Crippen molar-refractivity contribution >= 4 is 5.91 Å². The Morgan fingerprint density at radius 1 is 1.33 bits per heavy atom. The van der Waals surface area contributed by atoms with Crippen LogP contribution in [0.2, 0.25) is 0 Å². The molecular weight excluding hydrogens is 307 g/mol. The molecule has 0 aliphatic carbocycles. The standard InChI is InChI=1S/C18H23FN4O/c1-22-11-9-20-17(22)12-21-18(24)16-4-2-3-10-23(16)13-14-5-7-15(19)8-6-14/h5-9,11,16H,2-4,10,12-13H2,1H3,(H,21,24)/t16-/m0/s1. The quantitative estimate of drug-likeness (QED) is 0.915. The first-order valence-corrected chi connectivity index (χ1v) is 8.36. The van der Waals surface area contributed by atoms with Gasteiger partial charge in [0, 0.05) is 26.0 Å². The maximum atomic E-state index is 13.1. The highest BCUT2D eigenvalue weighted by Crippen LogP contribution is 2.20. The molecule has 0 radical (unpaired) electrons. The van der Waals surface area contributed by atoms with Gasteiger partial charge in [0.2, 0.25) is 5.91 Å². The van der Waals surface area contributed by atoms with Gasteiger partial charge in [-0.2, -0.15) is 0 Å². The van der Waals surface area contributed by atoms with E-state index in [4.69, 9.17) is 0 Å². The van der Waals surface area contributed by atoms with Gasteiger partial charge < -0.3 is 9.88 Å². The van der Waals surface area contributed by atoms with Gasteiger partial charge in [-0.15, -0.1) is 0 Å². The number of nitrogens with zero attached hydrogens (tertiary/aromatic N) is 3. The lowest BCUT2D eigenvalue weighted by atomic mass is 10.0. The van der Waals surface area contributed by atoms with E-state index in [2.05, 4.69) is 15.2 Å². The Balaban J connectivity index is 1.61. The molecule has 1 aliphatic rings. The SMILES string of the molecule is Cn1ccnc1CNC(=O)[C@@H]1CCCCN1Cc1ccc(F)cc1. The Kier molecular flexibility index (Phi) is 5.25. The van der Waals surface area contributed by atoms with Gasteiger partial charge in [-0.05, 0) is 37.1 Å². The van der Waals surface area contributed by atoms with Crippen LogP contribution in [0, 0.1) is 5.82 Å². The summed E-state index contributed by atoms with van der Waals surface area (Å²) in [5.74, 6) is 0.644. The molecule has 0 saturated carbocycles. The fourth-order valence-corrected chi connectivity index (χ4v) is 3.15. The van der Waals surface area contributed by atoms with Crippen molar-refractivity contribution in [2.24, 2.45) is 7.05 Å². The zero-order valence-electron chi connectivity index (χ0n) is 13.9. The lowest BCUT2D eigenvalue weighted by Crippen LogP contribution is -2.49. The summed E-state index contributed by atoms with van der Waals surface area (Å²) in [6.45, 7) is 1.99. The predicted molar refractivity (Wildman–Crippen MR) is 89.5 cm³/mol. The molecule has 0 unspecified atom stereocenters. The molecule has 6 heteroatoms. The van der Waals surface area contributed by atoms with Crippen LogP contribution in [0.4, 0.5) is 4.39 Å². The molecule has 1 aliphatic heterocycles. The minimum absolute atomic E-state index is 0.0415. The van der Waals surface area contributed by atoms with Crippen LogP contribution >= 0.6 is 0 Å². The van der Waals surface area contributed by atoms with Gasteiger partial charge in [-0.3, -0.25) is 9.69 Å². The molecule has 1 aromatic carbocycles. The summed E-state index contributed by atoms with van der Waals surface area (Å²) in [7, 11) is 1.91. The van der Waals surface area contributed by atoms with Gasteiger partial charge >= 0.3 is 0 Å². The fourth-order valence-electron chi connectivity index (χ4n) is 3.15. The average molecular weight is 330 g/mol. The summed E-state index contributed by atoms with van der Waals surface area (Å²) in [6, 6.07) is 6.37. The second-order valence-corrected chi connectivity index (χ2v) is 6.28. The van der Waals surface area contributed by atoms with Gasteiger partial charge in [-0.1, -0.05) is 18.6 Å². The number of rotatable bonds is 5. The highest BCUT2D eigenvalue weighted by molar-refractivity contribution is 5.81. The van der Waals surface area contributed by atoms with E-state index in [0.717, 1.165) is 37.2 Å². The third kappa shape index (κ3) is 4.00. The molecule has 2 aromatic rings. The number of benzene rings is 1. The van der Waals surface area contributed by atoms with Gasteiger partial charge in [0.25, 0.3) is 0 Å². The van der Waals surface area contributed by atoms with Crippen LogP contribution in [0.25, 0.3) is 0 Å². The number of carbonyl (C=O) groups excluding carboxylic acids is 1. The number of piperidine rings is 1. The normalized spacial score (nSPS) is 18.5. The maximum absolute atomic E-state index is 13.1. The van der Waals surface area contributed by atoms with Gasteiger partial charge in [0.05, 0.1) is 12.6 Å². The average Bonchev–Trinajstić information content (AvgIpc) is 3.00. The molecule has 24 heavy (non-hydrogen) atoms. The largest absolute Gasteiger partial charge is 0.348 e. The summed E-state index contributed by atoms with van der Waals surface area (Å²) in [6.07, 6.45) is 6.59. The number of hydrogen-bond donors (Lipinski definition) is 1. The Hall–Kier alpha value is -2.21. The number of nitrogens with one attached hydrogen (secondary N) is 1. The van der Waals surface area contributed by atoms with Crippen molar-refractivity contribution in [3.63, 3.8) is 0 Å². The molecule has 5 nitrogen and oxygen atoms in total. The Morgan fingerprint density at radius 3 is 2.83 bits per heavy atom. The summed E-state index contributed by atoms with van der Waals surface area (Å²) in [5.41, 5.74) is 1.03. The molecule has 2 heterocycles. The summed E-state index contributed by atoms with van der Waals surface area (Å²) in [5, 5.41) is 3.00. The van der Waals surface area contributed by atoms with Crippen LogP contribution in [-0.2, 0) is 24.9 Å². The van der Waals surface area contributed by atoms with Crippen LogP contribution < -0.4 is 5.32 Å². The van der Waals surface area contributed by atoms with E-state index in [0.29, 0.717) is 13.1 Å². The number of carbonyl (C=O) groups is 1. The van der Waals surface area contributed by atoms with Crippen LogP contribution in [0.5, 0.6) is 0 Å². The van der Waals surface area contributed by atoms with Crippen LogP contribution in [-0.4, -0.2) is 32.9 Å². The van der Waals surface area contributed by atoms with Gasteiger partial charge in [0.1, 0.15) is 11.6 Å². The Bertz CT molecular complexity index is 683. The van der Waals surface area contributed by atoms with Crippen molar-refractivity contribution in [3.8, 4) is 0 Å². The highest BCUT2D eigenvalue weighted by atomic mass is 19.1. The molecule has 0 spiro atoms. The number of amides is 1. The van der Waals surface area contributed by atoms with E-state index >= 15 is 0 Å². The third-order valence-electron chi connectivity index (χ3n) is 4.56. The van der Waals surface area contributed by atoms with Crippen LogP contribution in [0.1, 0.15) is 30.7 Å². The lowest BCUT2D eigenvalue weighted by Gasteiger charge is -2.34. The topological polar surface area (TPSA) is 50.2 Å². The second-order valence-electron chi connectivity index (χ2n) is 6.28. The number of halogens is 1. The van der Waals surface area contributed by atoms with E-state index in [9.17, 15) is 9.18 Å². The smallest absolute Gasteiger partial charge is 0.237 e. The molecular formula is C18H23FN4O. The second kappa shape index (κ2) is 7.57. The third-order valence-corrected chi connectivity index (χ3v) is 4.56. The molecule has 1 amide bonds. The molecule has 128 valence electrons. The number of aromatic nitrogens is 2. The van der Waals surface area contributed by atoms with E-state index in [1.807, 2.05) is 17.8 Å². The monoisotopic (exact) mass is 330 g/mol. The van der Waals surface area contributed by atoms with Crippen molar-refractivity contribution in [1.82, 2.24) is 19.8 Å². The van der Waals surface area contributed by atoms with Crippen LogP contribution in [0.3, 0.4) is 0 Å². The van der Waals surface area contributed by atoms with Gasteiger partial charge in [-0.25, -0.2) is 9.37 Å². The van der Waals surface area contributed by atoms with Crippen molar-refractivity contribution < 1.29 is 9.18 Å². The molecule has 1 saturated heterocycles. The first kappa shape index (κ1) is 16.6. The Morgan fingerprint density at radius 2 is 2.12 bits per heavy atom.